The van der Waals surface area contributed by atoms with Crippen LogP contribution >= 0.6 is 12.4 Å². The van der Waals surface area contributed by atoms with Gasteiger partial charge in [0.25, 0.3) is 0 Å². The first-order valence-corrected chi connectivity index (χ1v) is 3.46. The number of rotatable bonds is 2. The van der Waals surface area contributed by atoms with Gasteiger partial charge in [0.05, 0.1) is 6.61 Å². The van der Waals surface area contributed by atoms with Crippen LogP contribution in [0.5, 0.6) is 0 Å². The maximum atomic E-state index is 5.85. The Morgan fingerprint density at radius 3 is 2.20 bits per heavy atom. The average molecular weight is 164 g/mol. The summed E-state index contributed by atoms with van der Waals surface area (Å²) in [6.07, 6.45) is 3.61. The lowest BCUT2D eigenvalue weighted by Crippen LogP contribution is -2.73. The van der Waals surface area contributed by atoms with Gasteiger partial charge in [-0.25, -0.2) is 0 Å². The molecule has 0 radical (unpaired) electrons. The maximum absolute atomic E-state index is 5.85. The molecule has 0 atom stereocenters. The summed E-state index contributed by atoms with van der Waals surface area (Å²) in [5, 5.41) is 0. The molecular formula is C7H14ClNO. The molecule has 3 aliphatic rings. The van der Waals surface area contributed by atoms with E-state index in [1.54, 1.807) is 7.11 Å². The van der Waals surface area contributed by atoms with Crippen molar-refractivity contribution in [3.8, 4) is 0 Å². The van der Waals surface area contributed by atoms with Crippen LogP contribution < -0.4 is 5.73 Å². The normalized spacial score (nSPS) is 48.6. The minimum Gasteiger partial charge on any atom is -0.384 e. The van der Waals surface area contributed by atoms with E-state index in [0.29, 0.717) is 5.41 Å². The predicted molar refractivity (Wildman–Crippen MR) is 42.3 cm³/mol. The Balaban J connectivity index is 0.000000500. The highest BCUT2D eigenvalue weighted by Gasteiger charge is 2.65. The fourth-order valence-corrected chi connectivity index (χ4v) is 2.54. The number of methoxy groups -OCH3 is 1. The van der Waals surface area contributed by atoms with Crippen LogP contribution in [-0.4, -0.2) is 19.3 Å². The molecule has 0 amide bonds. The number of ether oxygens (including phenoxy) is 1. The first-order chi connectivity index (χ1) is 4.18. The van der Waals surface area contributed by atoms with Crippen LogP contribution in [-0.2, 0) is 4.74 Å². The van der Waals surface area contributed by atoms with E-state index in [1.165, 1.54) is 19.3 Å². The van der Waals surface area contributed by atoms with Crippen molar-refractivity contribution >= 4 is 12.4 Å². The lowest BCUT2D eigenvalue weighted by atomic mass is 9.40. The van der Waals surface area contributed by atoms with Crippen LogP contribution in [0.4, 0.5) is 0 Å². The van der Waals surface area contributed by atoms with E-state index in [2.05, 4.69) is 0 Å². The average Bonchev–Trinajstić information content (AvgIpc) is 1.60. The second-order valence-corrected chi connectivity index (χ2v) is 3.83. The zero-order valence-corrected chi connectivity index (χ0v) is 7.04. The van der Waals surface area contributed by atoms with E-state index in [4.69, 9.17) is 10.5 Å². The first kappa shape index (κ1) is 8.31. The third kappa shape index (κ3) is 0.865. The monoisotopic (exact) mass is 163 g/mol. The van der Waals surface area contributed by atoms with Gasteiger partial charge in [0.1, 0.15) is 0 Å². The summed E-state index contributed by atoms with van der Waals surface area (Å²) < 4.78 is 5.08. The Morgan fingerprint density at radius 2 is 1.90 bits per heavy atom. The number of hydrogen-bond acceptors (Lipinski definition) is 2. The highest BCUT2D eigenvalue weighted by atomic mass is 35.5. The van der Waals surface area contributed by atoms with Crippen molar-refractivity contribution in [1.29, 1.82) is 0 Å². The van der Waals surface area contributed by atoms with Crippen LogP contribution in [0.1, 0.15) is 19.3 Å². The van der Waals surface area contributed by atoms with Crippen LogP contribution in [0.25, 0.3) is 0 Å². The summed E-state index contributed by atoms with van der Waals surface area (Å²) in [7, 11) is 1.77. The van der Waals surface area contributed by atoms with Crippen molar-refractivity contribution in [2.75, 3.05) is 13.7 Å². The largest absolute Gasteiger partial charge is 0.384 e. The Bertz CT molecular complexity index is 123. The molecule has 0 aromatic rings. The lowest BCUT2D eigenvalue weighted by Gasteiger charge is -2.68. The summed E-state index contributed by atoms with van der Waals surface area (Å²) in [6.45, 7) is 0.923. The van der Waals surface area contributed by atoms with Crippen molar-refractivity contribution in [2.24, 2.45) is 11.1 Å². The predicted octanol–water partition coefficient (Wildman–Crippen LogP) is 0.936. The van der Waals surface area contributed by atoms with Gasteiger partial charge in [-0.2, -0.15) is 0 Å². The van der Waals surface area contributed by atoms with Crippen molar-refractivity contribution in [1.82, 2.24) is 0 Å². The second kappa shape index (κ2) is 2.10. The summed E-state index contributed by atoms with van der Waals surface area (Å²) in [5.74, 6) is 0. The van der Waals surface area contributed by atoms with Crippen LogP contribution in [0.2, 0.25) is 0 Å². The minimum atomic E-state index is 0. The summed E-state index contributed by atoms with van der Waals surface area (Å²) in [6, 6.07) is 0. The molecule has 0 aliphatic heterocycles. The molecule has 0 saturated heterocycles. The van der Waals surface area contributed by atoms with Crippen LogP contribution in [0.15, 0.2) is 0 Å². The lowest BCUT2D eigenvalue weighted by molar-refractivity contribution is -0.165. The molecule has 0 spiro atoms. The Morgan fingerprint density at radius 1 is 1.40 bits per heavy atom. The molecule has 10 heavy (non-hydrogen) atoms. The third-order valence-electron chi connectivity index (χ3n) is 2.63. The summed E-state index contributed by atoms with van der Waals surface area (Å²) in [4.78, 5) is 0. The topological polar surface area (TPSA) is 35.2 Å². The van der Waals surface area contributed by atoms with Gasteiger partial charge >= 0.3 is 0 Å². The highest BCUT2D eigenvalue weighted by molar-refractivity contribution is 5.85. The summed E-state index contributed by atoms with van der Waals surface area (Å²) in [5.41, 5.74) is 6.63. The fourth-order valence-electron chi connectivity index (χ4n) is 2.54. The SMILES string of the molecule is COCC12CC(N)(C1)C2.Cl. The van der Waals surface area contributed by atoms with Crippen molar-refractivity contribution in [3.05, 3.63) is 0 Å². The van der Waals surface area contributed by atoms with Crippen LogP contribution in [0.3, 0.4) is 0 Å². The minimum absolute atomic E-state index is 0. The van der Waals surface area contributed by atoms with Gasteiger partial charge in [0.2, 0.25) is 0 Å². The number of nitrogens with two attached hydrogens (primary N) is 1. The molecular weight excluding hydrogens is 150 g/mol. The molecule has 3 saturated carbocycles. The van der Waals surface area contributed by atoms with E-state index >= 15 is 0 Å². The Kier molecular flexibility index (Phi) is 1.74. The molecule has 3 rings (SSSR count). The second-order valence-electron chi connectivity index (χ2n) is 3.83. The summed E-state index contributed by atoms with van der Waals surface area (Å²) >= 11 is 0. The molecule has 2 bridgehead atoms. The van der Waals surface area contributed by atoms with Crippen molar-refractivity contribution in [3.63, 3.8) is 0 Å². The van der Waals surface area contributed by atoms with Gasteiger partial charge in [-0.1, -0.05) is 0 Å². The van der Waals surface area contributed by atoms with Gasteiger partial charge in [-0.15, -0.1) is 12.4 Å². The highest BCUT2D eigenvalue weighted by Crippen LogP contribution is 2.65. The number of halogens is 1. The molecule has 0 aromatic carbocycles. The smallest absolute Gasteiger partial charge is 0.0520 e. The molecule has 0 heterocycles. The standard InChI is InChI=1S/C7H13NO.ClH/c1-9-5-6-2-7(8,3-6)4-6;/h2-5,8H2,1H3;1H. The van der Waals surface area contributed by atoms with Crippen LogP contribution in [0, 0.1) is 5.41 Å². The molecule has 0 unspecified atom stereocenters. The molecule has 60 valence electrons. The van der Waals surface area contributed by atoms with E-state index in [1.807, 2.05) is 0 Å². The Labute approximate surface area is 67.5 Å². The third-order valence-corrected chi connectivity index (χ3v) is 2.63. The quantitative estimate of drug-likeness (QED) is 0.658. The van der Waals surface area contributed by atoms with Gasteiger partial charge in [0.15, 0.2) is 0 Å². The van der Waals surface area contributed by atoms with E-state index in [-0.39, 0.29) is 17.9 Å². The molecule has 2 N–H and O–H groups in total. The van der Waals surface area contributed by atoms with Gasteiger partial charge in [-0.3, -0.25) is 0 Å². The molecule has 0 aromatic heterocycles. The fraction of sp³-hybridized carbons (Fsp3) is 1.00. The van der Waals surface area contributed by atoms with Crippen molar-refractivity contribution < 1.29 is 4.74 Å². The number of hydrogen-bond donors (Lipinski definition) is 1. The van der Waals surface area contributed by atoms with Crippen molar-refractivity contribution in [2.45, 2.75) is 24.8 Å². The molecule has 2 nitrogen and oxygen atoms in total. The Hall–Kier alpha value is 0.210. The molecule has 3 aliphatic carbocycles. The van der Waals surface area contributed by atoms with Gasteiger partial charge in [-0.05, 0) is 24.7 Å². The van der Waals surface area contributed by atoms with Gasteiger partial charge < -0.3 is 10.5 Å². The molecule has 3 fully saturated rings. The molecule has 3 heteroatoms. The zero-order chi connectivity index (χ0) is 6.54. The van der Waals surface area contributed by atoms with E-state index in [9.17, 15) is 0 Å². The maximum Gasteiger partial charge on any atom is 0.0520 e. The van der Waals surface area contributed by atoms with Gasteiger partial charge in [0, 0.05) is 12.6 Å². The van der Waals surface area contributed by atoms with E-state index in [0.717, 1.165) is 6.61 Å². The van der Waals surface area contributed by atoms with E-state index < -0.39 is 0 Å². The zero-order valence-electron chi connectivity index (χ0n) is 6.22. The first-order valence-electron chi connectivity index (χ1n) is 3.46.